The number of ether oxygens (including phenoxy) is 1. The molecule has 1 fully saturated rings. The van der Waals surface area contributed by atoms with Gasteiger partial charge >= 0.3 is 12.1 Å². The van der Waals surface area contributed by atoms with Crippen LogP contribution in [0.2, 0.25) is 10.0 Å². The molecule has 1 heterocycles. The van der Waals surface area contributed by atoms with E-state index in [9.17, 15) is 22.8 Å². The second kappa shape index (κ2) is 8.25. The molecule has 1 amide bonds. The first-order valence-corrected chi connectivity index (χ1v) is 8.18. The highest BCUT2D eigenvalue weighted by Crippen LogP contribution is 2.27. The van der Waals surface area contributed by atoms with Crippen LogP contribution in [-0.4, -0.2) is 37.2 Å². The number of esters is 1. The SMILES string of the molecule is O=C(Nc1ccc(Cl)c(Cl)c1)C(OC(=O)C(F)(F)F)C1CCNCC1. The lowest BCUT2D eigenvalue weighted by molar-refractivity contribution is -0.207. The van der Waals surface area contributed by atoms with Gasteiger partial charge in [0, 0.05) is 11.6 Å². The zero-order chi connectivity index (χ0) is 18.6. The molecule has 0 saturated carbocycles. The van der Waals surface area contributed by atoms with Gasteiger partial charge in [0.1, 0.15) is 0 Å². The van der Waals surface area contributed by atoms with E-state index in [-0.39, 0.29) is 15.7 Å². The molecule has 0 aromatic heterocycles. The molecule has 1 aliphatic heterocycles. The van der Waals surface area contributed by atoms with E-state index in [4.69, 9.17) is 23.2 Å². The lowest BCUT2D eigenvalue weighted by Gasteiger charge is -2.29. The van der Waals surface area contributed by atoms with Crippen LogP contribution in [0.3, 0.4) is 0 Å². The second-order valence-corrected chi connectivity index (χ2v) is 6.34. The first kappa shape index (κ1) is 19.8. The third-order valence-corrected chi connectivity index (χ3v) is 4.46. The Morgan fingerprint density at radius 2 is 1.84 bits per heavy atom. The van der Waals surface area contributed by atoms with Gasteiger partial charge in [-0.15, -0.1) is 0 Å². The Hall–Kier alpha value is -1.51. The molecule has 1 aromatic rings. The first-order chi connectivity index (χ1) is 11.7. The monoisotopic (exact) mass is 398 g/mol. The molecule has 10 heteroatoms. The summed E-state index contributed by atoms with van der Waals surface area (Å²) in [5.74, 6) is -3.75. The summed E-state index contributed by atoms with van der Waals surface area (Å²) in [5, 5.41) is 5.88. The molecule has 1 unspecified atom stereocenters. The van der Waals surface area contributed by atoms with E-state index in [1.807, 2.05) is 0 Å². The number of piperidine rings is 1. The van der Waals surface area contributed by atoms with E-state index >= 15 is 0 Å². The van der Waals surface area contributed by atoms with Gasteiger partial charge in [-0.05, 0) is 44.1 Å². The van der Waals surface area contributed by atoms with Crippen LogP contribution in [0.25, 0.3) is 0 Å². The van der Waals surface area contributed by atoms with Crippen molar-refractivity contribution in [3.63, 3.8) is 0 Å². The summed E-state index contributed by atoms with van der Waals surface area (Å²) in [7, 11) is 0. The van der Waals surface area contributed by atoms with E-state index in [0.717, 1.165) is 0 Å². The highest BCUT2D eigenvalue weighted by Gasteiger charge is 2.45. The molecule has 2 N–H and O–H groups in total. The van der Waals surface area contributed by atoms with Gasteiger partial charge in [-0.2, -0.15) is 13.2 Å². The highest BCUT2D eigenvalue weighted by atomic mass is 35.5. The number of rotatable bonds is 4. The van der Waals surface area contributed by atoms with Crippen molar-refractivity contribution in [1.82, 2.24) is 5.32 Å². The molecule has 0 bridgehead atoms. The van der Waals surface area contributed by atoms with Gasteiger partial charge in [-0.1, -0.05) is 23.2 Å². The molecule has 138 valence electrons. The van der Waals surface area contributed by atoms with Crippen LogP contribution in [0.1, 0.15) is 12.8 Å². The van der Waals surface area contributed by atoms with Crippen LogP contribution in [0.15, 0.2) is 18.2 Å². The van der Waals surface area contributed by atoms with Gasteiger partial charge in [0.25, 0.3) is 5.91 Å². The van der Waals surface area contributed by atoms with E-state index in [0.29, 0.717) is 25.9 Å². The van der Waals surface area contributed by atoms with Crippen LogP contribution in [0.4, 0.5) is 18.9 Å². The third-order valence-electron chi connectivity index (χ3n) is 3.72. The van der Waals surface area contributed by atoms with Crippen LogP contribution < -0.4 is 10.6 Å². The summed E-state index contributed by atoms with van der Waals surface area (Å²) in [6.07, 6.45) is -5.91. The van der Waals surface area contributed by atoms with Gasteiger partial charge in [-0.3, -0.25) is 4.79 Å². The van der Waals surface area contributed by atoms with Crippen molar-refractivity contribution in [2.75, 3.05) is 18.4 Å². The van der Waals surface area contributed by atoms with Crippen molar-refractivity contribution in [2.45, 2.75) is 25.1 Å². The molecule has 0 aliphatic carbocycles. The maximum Gasteiger partial charge on any atom is 0.490 e. The molecular weight excluding hydrogens is 384 g/mol. The fraction of sp³-hybridized carbons (Fsp3) is 0.467. The Labute approximate surface area is 151 Å². The van der Waals surface area contributed by atoms with Crippen molar-refractivity contribution in [3.8, 4) is 0 Å². The molecule has 1 aliphatic rings. The molecular formula is C15H15Cl2F3N2O3. The van der Waals surface area contributed by atoms with Crippen LogP contribution >= 0.6 is 23.2 Å². The molecule has 2 rings (SSSR count). The topological polar surface area (TPSA) is 67.4 Å². The Bertz CT molecular complexity index is 649. The normalized spacial score (nSPS) is 17.0. The lowest BCUT2D eigenvalue weighted by atomic mass is 9.91. The van der Waals surface area contributed by atoms with Crippen molar-refractivity contribution in [3.05, 3.63) is 28.2 Å². The third kappa shape index (κ3) is 5.49. The Kier molecular flexibility index (Phi) is 6.53. The quantitative estimate of drug-likeness (QED) is 0.762. The molecule has 5 nitrogen and oxygen atoms in total. The Balaban J connectivity index is 2.16. The average Bonchev–Trinajstić information content (AvgIpc) is 2.55. The number of hydrogen-bond acceptors (Lipinski definition) is 4. The minimum Gasteiger partial charge on any atom is -0.445 e. The number of carbonyl (C=O) groups is 2. The van der Waals surface area contributed by atoms with E-state index in [1.165, 1.54) is 18.2 Å². The van der Waals surface area contributed by atoms with Gasteiger partial charge in [-0.25, -0.2) is 4.79 Å². The zero-order valence-corrected chi connectivity index (χ0v) is 14.3. The van der Waals surface area contributed by atoms with Crippen LogP contribution in [0.5, 0.6) is 0 Å². The van der Waals surface area contributed by atoms with Gasteiger partial charge in [0.2, 0.25) is 0 Å². The van der Waals surface area contributed by atoms with Gasteiger partial charge in [0.05, 0.1) is 10.0 Å². The number of amides is 1. The summed E-state index contributed by atoms with van der Waals surface area (Å²) in [6.45, 7) is 1.04. The number of hydrogen-bond donors (Lipinski definition) is 2. The molecule has 25 heavy (non-hydrogen) atoms. The number of benzene rings is 1. The predicted molar refractivity (Wildman–Crippen MR) is 86.6 cm³/mol. The standard InChI is InChI=1S/C15H15Cl2F3N2O3/c16-10-2-1-9(7-11(10)17)22-13(23)12(8-3-5-21-6-4-8)25-14(24)15(18,19)20/h1-2,7-8,12,21H,3-6H2,(H,22,23). The number of halogens is 5. The summed E-state index contributed by atoms with van der Waals surface area (Å²) in [4.78, 5) is 23.6. The molecule has 0 spiro atoms. The molecule has 1 aromatic carbocycles. The minimum absolute atomic E-state index is 0.171. The smallest absolute Gasteiger partial charge is 0.445 e. The fourth-order valence-corrected chi connectivity index (χ4v) is 2.78. The number of anilines is 1. The Morgan fingerprint density at radius 3 is 2.40 bits per heavy atom. The fourth-order valence-electron chi connectivity index (χ4n) is 2.48. The van der Waals surface area contributed by atoms with Crippen LogP contribution in [0, 0.1) is 5.92 Å². The first-order valence-electron chi connectivity index (χ1n) is 7.43. The van der Waals surface area contributed by atoms with Crippen molar-refractivity contribution in [2.24, 2.45) is 5.92 Å². The van der Waals surface area contributed by atoms with E-state index in [1.54, 1.807) is 0 Å². The minimum atomic E-state index is -5.17. The van der Waals surface area contributed by atoms with Gasteiger partial charge in [0.15, 0.2) is 6.10 Å². The number of nitrogens with one attached hydrogen (secondary N) is 2. The molecule has 0 radical (unpaired) electrons. The maximum atomic E-state index is 12.5. The van der Waals surface area contributed by atoms with E-state index < -0.39 is 30.1 Å². The van der Waals surface area contributed by atoms with Crippen LogP contribution in [-0.2, 0) is 14.3 Å². The Morgan fingerprint density at radius 1 is 1.20 bits per heavy atom. The van der Waals surface area contributed by atoms with Crippen molar-refractivity contribution in [1.29, 1.82) is 0 Å². The number of alkyl halides is 3. The largest absolute Gasteiger partial charge is 0.490 e. The van der Waals surface area contributed by atoms with Crippen molar-refractivity contribution >= 4 is 40.8 Å². The predicted octanol–water partition coefficient (Wildman–Crippen LogP) is 3.41. The molecule has 1 saturated heterocycles. The summed E-state index contributed by atoms with van der Waals surface area (Å²) in [5.41, 5.74) is 0.237. The highest BCUT2D eigenvalue weighted by molar-refractivity contribution is 6.42. The summed E-state index contributed by atoms with van der Waals surface area (Å²) >= 11 is 11.6. The van der Waals surface area contributed by atoms with E-state index in [2.05, 4.69) is 15.4 Å². The summed E-state index contributed by atoms with van der Waals surface area (Å²) in [6, 6.07) is 4.23. The maximum absolute atomic E-state index is 12.5. The lowest BCUT2D eigenvalue weighted by Crippen LogP contribution is -2.45. The van der Waals surface area contributed by atoms with Crippen molar-refractivity contribution < 1.29 is 27.5 Å². The second-order valence-electron chi connectivity index (χ2n) is 5.53. The van der Waals surface area contributed by atoms with Gasteiger partial charge < -0.3 is 15.4 Å². The average molecular weight is 399 g/mol. The summed E-state index contributed by atoms with van der Waals surface area (Å²) < 4.78 is 42.0. The zero-order valence-electron chi connectivity index (χ0n) is 12.8. The number of carbonyl (C=O) groups excluding carboxylic acids is 2. The molecule has 1 atom stereocenters.